The van der Waals surface area contributed by atoms with E-state index in [-0.39, 0.29) is 0 Å². The van der Waals surface area contributed by atoms with Gasteiger partial charge in [-0.1, -0.05) is 12.1 Å². The van der Waals surface area contributed by atoms with Crippen molar-refractivity contribution >= 4 is 33.7 Å². The molecule has 6 rings (SSSR count). The maximum atomic E-state index is 5.69. The Balaban J connectivity index is 1.37. The van der Waals surface area contributed by atoms with Crippen LogP contribution in [0.3, 0.4) is 0 Å². The van der Waals surface area contributed by atoms with Crippen molar-refractivity contribution in [1.82, 2.24) is 29.8 Å². The predicted molar refractivity (Wildman–Crippen MR) is 125 cm³/mol. The van der Waals surface area contributed by atoms with E-state index in [1.807, 2.05) is 36.5 Å². The van der Waals surface area contributed by atoms with Crippen LogP contribution in [0.4, 0.5) is 17.2 Å². The monoisotopic (exact) mass is 442 g/mol. The van der Waals surface area contributed by atoms with E-state index in [0.29, 0.717) is 11.5 Å². The number of morpholine rings is 1. The Kier molecular flexibility index (Phi) is 4.76. The molecule has 33 heavy (non-hydrogen) atoms. The molecule has 0 radical (unpaired) electrons. The lowest BCUT2D eigenvalue weighted by atomic mass is 10.1. The lowest BCUT2D eigenvalue weighted by molar-refractivity contribution is 0.122. The molecule has 2 N–H and O–H groups in total. The van der Waals surface area contributed by atoms with Gasteiger partial charge in [0, 0.05) is 35.8 Å². The van der Waals surface area contributed by atoms with Crippen molar-refractivity contribution < 1.29 is 9.47 Å². The van der Waals surface area contributed by atoms with Crippen molar-refractivity contribution in [3.8, 4) is 17.0 Å². The standard InChI is InChI=1S/C23H22N8O2/c1-32-21-11-17(4-5-20(21)30-6-8-33-9-7-30)27-22-23-24-14-26-31(23)13-19(28-22)15-2-3-16-12-25-29-18(16)10-15/h2-5,10-14H,6-9H2,1H3,(H,25,29)(H,27,28). The van der Waals surface area contributed by atoms with Crippen LogP contribution in [0.5, 0.6) is 5.75 Å². The molecule has 1 aliphatic rings. The van der Waals surface area contributed by atoms with Gasteiger partial charge in [-0.25, -0.2) is 14.5 Å². The van der Waals surface area contributed by atoms with E-state index >= 15 is 0 Å². The van der Waals surface area contributed by atoms with Crippen LogP contribution in [0, 0.1) is 0 Å². The number of ether oxygens (including phenoxy) is 2. The van der Waals surface area contributed by atoms with Crippen LogP contribution in [0.2, 0.25) is 0 Å². The summed E-state index contributed by atoms with van der Waals surface area (Å²) in [6.45, 7) is 3.12. The topological polar surface area (TPSA) is 105 Å². The zero-order valence-corrected chi connectivity index (χ0v) is 18.0. The molecule has 4 heterocycles. The number of anilines is 3. The quantitative estimate of drug-likeness (QED) is 0.427. The molecule has 10 nitrogen and oxygen atoms in total. The minimum absolute atomic E-state index is 0.607. The number of hydrogen-bond acceptors (Lipinski definition) is 8. The molecule has 10 heteroatoms. The number of aromatic nitrogens is 6. The van der Waals surface area contributed by atoms with Crippen molar-refractivity contribution in [2.45, 2.75) is 0 Å². The van der Waals surface area contributed by atoms with Gasteiger partial charge in [0.15, 0.2) is 11.5 Å². The van der Waals surface area contributed by atoms with E-state index in [9.17, 15) is 0 Å². The van der Waals surface area contributed by atoms with Crippen LogP contribution in [0.1, 0.15) is 0 Å². The molecule has 1 aliphatic heterocycles. The number of aromatic amines is 1. The Hall–Kier alpha value is -4.18. The zero-order chi connectivity index (χ0) is 22.2. The SMILES string of the molecule is COc1cc(Nc2nc(-c3ccc4cn[nH]c4c3)cn3ncnc23)ccc1N1CCOCC1. The van der Waals surface area contributed by atoms with Gasteiger partial charge in [-0.3, -0.25) is 5.10 Å². The molecule has 5 aromatic rings. The molecule has 0 bridgehead atoms. The van der Waals surface area contributed by atoms with E-state index in [0.717, 1.165) is 65.6 Å². The van der Waals surface area contributed by atoms with E-state index < -0.39 is 0 Å². The van der Waals surface area contributed by atoms with Gasteiger partial charge in [-0.2, -0.15) is 10.2 Å². The second-order valence-electron chi connectivity index (χ2n) is 7.79. The number of benzene rings is 2. The van der Waals surface area contributed by atoms with E-state index in [2.05, 4.69) is 36.6 Å². The van der Waals surface area contributed by atoms with Crippen molar-refractivity contribution in [2.75, 3.05) is 43.6 Å². The first-order valence-corrected chi connectivity index (χ1v) is 10.7. The fourth-order valence-corrected chi connectivity index (χ4v) is 4.11. The molecule has 0 aliphatic carbocycles. The van der Waals surface area contributed by atoms with Crippen molar-refractivity contribution in [3.63, 3.8) is 0 Å². The summed E-state index contributed by atoms with van der Waals surface area (Å²) >= 11 is 0. The number of nitrogens with zero attached hydrogens (tertiary/aromatic N) is 6. The molecule has 0 amide bonds. The third kappa shape index (κ3) is 3.60. The van der Waals surface area contributed by atoms with Gasteiger partial charge < -0.3 is 19.7 Å². The molecule has 1 saturated heterocycles. The van der Waals surface area contributed by atoms with E-state index in [1.54, 1.807) is 17.8 Å². The largest absolute Gasteiger partial charge is 0.495 e. The number of fused-ring (bicyclic) bond motifs is 2. The minimum atomic E-state index is 0.607. The molecule has 0 atom stereocenters. The predicted octanol–water partition coefficient (Wildman–Crippen LogP) is 3.26. The Morgan fingerprint density at radius 1 is 1.12 bits per heavy atom. The number of H-pyrrole nitrogens is 1. The first-order valence-electron chi connectivity index (χ1n) is 10.7. The fourth-order valence-electron chi connectivity index (χ4n) is 4.11. The molecule has 2 aromatic carbocycles. The number of rotatable bonds is 5. The van der Waals surface area contributed by atoms with E-state index in [4.69, 9.17) is 14.5 Å². The van der Waals surface area contributed by atoms with Gasteiger partial charge in [0.2, 0.25) is 0 Å². The summed E-state index contributed by atoms with van der Waals surface area (Å²) in [4.78, 5) is 11.5. The van der Waals surface area contributed by atoms with Crippen LogP contribution < -0.4 is 15.0 Å². The molecular formula is C23H22N8O2. The second kappa shape index (κ2) is 8.06. The molecular weight excluding hydrogens is 420 g/mol. The average Bonchev–Trinajstić information content (AvgIpc) is 3.53. The summed E-state index contributed by atoms with van der Waals surface area (Å²) in [7, 11) is 1.68. The minimum Gasteiger partial charge on any atom is -0.495 e. The average molecular weight is 442 g/mol. The normalized spacial score (nSPS) is 14.2. The lowest BCUT2D eigenvalue weighted by Gasteiger charge is -2.30. The first kappa shape index (κ1) is 19.5. The van der Waals surface area contributed by atoms with Crippen LogP contribution in [0.15, 0.2) is 55.1 Å². The smallest absolute Gasteiger partial charge is 0.198 e. The highest BCUT2D eigenvalue weighted by Crippen LogP contribution is 2.33. The van der Waals surface area contributed by atoms with E-state index in [1.165, 1.54) is 6.33 Å². The van der Waals surface area contributed by atoms with Gasteiger partial charge in [-0.05, 0) is 18.2 Å². The molecule has 1 fully saturated rings. The highest BCUT2D eigenvalue weighted by Gasteiger charge is 2.17. The summed E-state index contributed by atoms with van der Waals surface area (Å²) in [6.07, 6.45) is 5.19. The van der Waals surface area contributed by atoms with Gasteiger partial charge in [-0.15, -0.1) is 0 Å². The maximum absolute atomic E-state index is 5.69. The van der Waals surface area contributed by atoms with Crippen molar-refractivity contribution in [1.29, 1.82) is 0 Å². The number of methoxy groups -OCH3 is 1. The van der Waals surface area contributed by atoms with Crippen LogP contribution in [-0.2, 0) is 4.74 Å². The third-order valence-electron chi connectivity index (χ3n) is 5.79. The van der Waals surface area contributed by atoms with Gasteiger partial charge in [0.05, 0.1) is 49.6 Å². The summed E-state index contributed by atoms with van der Waals surface area (Å²) in [5, 5.41) is 15.9. The highest BCUT2D eigenvalue weighted by molar-refractivity contribution is 5.84. The summed E-state index contributed by atoms with van der Waals surface area (Å²) in [5.74, 6) is 1.40. The van der Waals surface area contributed by atoms with Crippen LogP contribution in [0.25, 0.3) is 27.8 Å². The molecule has 0 saturated carbocycles. The Morgan fingerprint density at radius 3 is 2.91 bits per heavy atom. The summed E-state index contributed by atoms with van der Waals surface area (Å²) < 4.78 is 12.9. The van der Waals surface area contributed by atoms with Crippen molar-refractivity contribution in [2.24, 2.45) is 0 Å². The maximum Gasteiger partial charge on any atom is 0.198 e. The van der Waals surface area contributed by atoms with Gasteiger partial charge in [0.1, 0.15) is 12.1 Å². The highest BCUT2D eigenvalue weighted by atomic mass is 16.5. The molecule has 0 unspecified atom stereocenters. The Bertz CT molecular complexity index is 1440. The zero-order valence-electron chi connectivity index (χ0n) is 18.0. The Morgan fingerprint density at radius 2 is 2.03 bits per heavy atom. The number of hydrogen-bond donors (Lipinski definition) is 2. The molecule has 3 aromatic heterocycles. The van der Waals surface area contributed by atoms with Crippen LogP contribution in [-0.4, -0.2) is 63.2 Å². The molecule has 0 spiro atoms. The van der Waals surface area contributed by atoms with Gasteiger partial charge in [0.25, 0.3) is 0 Å². The third-order valence-corrected chi connectivity index (χ3v) is 5.79. The fraction of sp³-hybridized carbons (Fsp3) is 0.217. The van der Waals surface area contributed by atoms with Gasteiger partial charge >= 0.3 is 0 Å². The molecule has 166 valence electrons. The second-order valence-corrected chi connectivity index (χ2v) is 7.79. The summed E-state index contributed by atoms with van der Waals surface area (Å²) in [5.41, 5.74) is 5.20. The van der Waals surface area contributed by atoms with Crippen LogP contribution >= 0.6 is 0 Å². The van der Waals surface area contributed by atoms with Crippen molar-refractivity contribution in [3.05, 3.63) is 55.1 Å². The number of nitrogens with one attached hydrogen (secondary N) is 2. The lowest BCUT2D eigenvalue weighted by Crippen LogP contribution is -2.36. The Labute approximate surface area is 189 Å². The summed E-state index contributed by atoms with van der Waals surface area (Å²) in [6, 6.07) is 12.1. The first-order chi connectivity index (χ1) is 16.3.